The number of hydrogen-bond acceptors (Lipinski definition) is 2. The molecule has 1 saturated heterocycles. The van der Waals surface area contributed by atoms with Crippen molar-refractivity contribution in [2.75, 3.05) is 36.4 Å². The second-order valence-corrected chi connectivity index (χ2v) is 5.52. The van der Waals surface area contributed by atoms with Crippen LogP contribution >= 0.6 is 0 Å². The Bertz CT molecular complexity index is 619. The highest BCUT2D eigenvalue weighted by Crippen LogP contribution is 2.13. The molecule has 0 saturated carbocycles. The van der Waals surface area contributed by atoms with Crippen molar-refractivity contribution in [2.45, 2.75) is 6.92 Å². The zero-order chi connectivity index (χ0) is 15.4. The minimum Gasteiger partial charge on any atom is -0.317 e. The Morgan fingerprint density at radius 1 is 1.05 bits per heavy atom. The fourth-order valence-corrected chi connectivity index (χ4v) is 2.57. The van der Waals surface area contributed by atoms with Gasteiger partial charge in [0.15, 0.2) is 0 Å². The van der Waals surface area contributed by atoms with Crippen LogP contribution < -0.4 is 15.2 Å². The molecule has 5 nitrogen and oxygen atoms in total. The van der Waals surface area contributed by atoms with E-state index >= 15 is 0 Å². The van der Waals surface area contributed by atoms with E-state index in [0.717, 1.165) is 37.7 Å². The molecule has 0 bridgehead atoms. The molecule has 1 aromatic heterocycles. The summed E-state index contributed by atoms with van der Waals surface area (Å²) in [4.78, 5) is 19.6. The van der Waals surface area contributed by atoms with Gasteiger partial charge in [0.25, 0.3) is 5.82 Å². The molecular weight excluding hydrogens is 276 g/mol. The second-order valence-electron chi connectivity index (χ2n) is 5.52. The van der Waals surface area contributed by atoms with E-state index in [9.17, 15) is 4.79 Å². The van der Waals surface area contributed by atoms with Crippen LogP contribution in [-0.4, -0.2) is 37.1 Å². The maximum atomic E-state index is 12.3. The predicted molar refractivity (Wildman–Crippen MR) is 87.0 cm³/mol. The number of hydrogen-bond donors (Lipinski definition) is 1. The number of pyridine rings is 1. The van der Waals surface area contributed by atoms with Crippen LogP contribution in [0.1, 0.15) is 5.56 Å². The summed E-state index contributed by atoms with van der Waals surface area (Å²) in [6.07, 6.45) is 1.92. The van der Waals surface area contributed by atoms with E-state index in [4.69, 9.17) is 0 Å². The number of rotatable bonds is 2. The number of H-pyrrole nitrogens is 1. The largest absolute Gasteiger partial charge is 0.322 e. The third-order valence-electron chi connectivity index (χ3n) is 3.90. The fourth-order valence-electron chi connectivity index (χ4n) is 2.57. The molecule has 0 spiro atoms. The average Bonchev–Trinajstić information content (AvgIpc) is 2.58. The number of benzene rings is 1. The molecule has 1 aliphatic rings. The molecular formula is C17H21N4O+. The molecule has 0 atom stereocenters. The summed E-state index contributed by atoms with van der Waals surface area (Å²) in [6.45, 7) is 5.15. The van der Waals surface area contributed by atoms with Crippen molar-refractivity contribution < 1.29 is 9.78 Å². The lowest BCUT2D eigenvalue weighted by Gasteiger charge is -2.31. The highest BCUT2D eigenvalue weighted by molar-refractivity contribution is 5.89. The van der Waals surface area contributed by atoms with Gasteiger partial charge in [-0.15, -0.1) is 0 Å². The van der Waals surface area contributed by atoms with E-state index in [1.165, 1.54) is 5.56 Å². The van der Waals surface area contributed by atoms with Gasteiger partial charge >= 0.3 is 6.03 Å². The van der Waals surface area contributed by atoms with Crippen LogP contribution in [0.3, 0.4) is 0 Å². The first-order valence-corrected chi connectivity index (χ1v) is 7.56. The minimum absolute atomic E-state index is 0.0273. The summed E-state index contributed by atoms with van der Waals surface area (Å²) in [5.74, 6) is 1.10. The molecule has 114 valence electrons. The molecule has 1 fully saturated rings. The number of anilines is 2. The molecule has 0 radical (unpaired) electrons. The third-order valence-corrected chi connectivity index (χ3v) is 3.90. The number of urea groups is 1. The van der Waals surface area contributed by atoms with Gasteiger partial charge in [0, 0.05) is 11.8 Å². The van der Waals surface area contributed by atoms with E-state index in [0.29, 0.717) is 0 Å². The topological polar surface area (TPSA) is 49.7 Å². The molecule has 0 aliphatic carbocycles. The standard InChI is InChI=1S/C17H20N4O/c1-14-5-7-15(8-6-14)19-17(22)21-12-10-20(11-13-21)16-4-2-3-9-18-16/h2-9H,10-13H2,1H3,(H,19,22)/p+1. The predicted octanol–water partition coefficient (Wildman–Crippen LogP) is 2.16. The van der Waals surface area contributed by atoms with Gasteiger partial charge in [0.2, 0.25) is 0 Å². The number of nitrogens with one attached hydrogen (secondary N) is 2. The lowest BCUT2D eigenvalue weighted by molar-refractivity contribution is -0.364. The summed E-state index contributed by atoms with van der Waals surface area (Å²) >= 11 is 0. The lowest BCUT2D eigenvalue weighted by Crippen LogP contribution is -2.51. The molecule has 0 unspecified atom stereocenters. The molecule has 1 aliphatic heterocycles. The van der Waals surface area contributed by atoms with E-state index in [-0.39, 0.29) is 6.03 Å². The fraction of sp³-hybridized carbons (Fsp3) is 0.294. The lowest BCUT2D eigenvalue weighted by atomic mass is 10.2. The first kappa shape index (κ1) is 14.4. The quantitative estimate of drug-likeness (QED) is 0.923. The Morgan fingerprint density at radius 3 is 2.41 bits per heavy atom. The smallest absolute Gasteiger partial charge is 0.317 e. The van der Waals surface area contributed by atoms with Crippen LogP contribution in [0.4, 0.5) is 16.3 Å². The van der Waals surface area contributed by atoms with E-state index in [1.54, 1.807) is 0 Å². The van der Waals surface area contributed by atoms with Gasteiger partial charge < -0.3 is 10.2 Å². The van der Waals surface area contributed by atoms with E-state index in [2.05, 4.69) is 21.3 Å². The summed E-state index contributed by atoms with van der Waals surface area (Å²) < 4.78 is 0. The van der Waals surface area contributed by atoms with Crippen molar-refractivity contribution in [3.05, 3.63) is 54.2 Å². The number of nitrogens with zero attached hydrogens (tertiary/aromatic N) is 2. The summed E-state index contributed by atoms with van der Waals surface area (Å²) in [6, 6.07) is 13.9. The van der Waals surface area contributed by atoms with Gasteiger partial charge in [0.1, 0.15) is 13.1 Å². The van der Waals surface area contributed by atoms with Gasteiger partial charge in [-0.1, -0.05) is 23.8 Å². The Balaban J connectivity index is 1.54. The van der Waals surface area contributed by atoms with Gasteiger partial charge in [0.05, 0.1) is 19.3 Å². The van der Waals surface area contributed by atoms with Gasteiger partial charge in [-0.05, 0) is 25.1 Å². The van der Waals surface area contributed by atoms with Crippen LogP contribution in [0.2, 0.25) is 0 Å². The van der Waals surface area contributed by atoms with Crippen LogP contribution in [0, 0.1) is 6.92 Å². The highest BCUT2D eigenvalue weighted by Gasteiger charge is 2.25. The van der Waals surface area contributed by atoms with Crippen LogP contribution in [0.5, 0.6) is 0 Å². The van der Waals surface area contributed by atoms with Crippen molar-refractivity contribution in [1.29, 1.82) is 0 Å². The molecule has 2 heterocycles. The molecule has 2 amide bonds. The number of carbonyl (C=O) groups is 1. The van der Waals surface area contributed by atoms with Crippen molar-refractivity contribution in [2.24, 2.45) is 0 Å². The van der Waals surface area contributed by atoms with Crippen LogP contribution in [0.15, 0.2) is 48.7 Å². The van der Waals surface area contributed by atoms with Crippen LogP contribution in [-0.2, 0) is 0 Å². The monoisotopic (exact) mass is 297 g/mol. The zero-order valence-electron chi connectivity index (χ0n) is 12.7. The number of carbonyl (C=O) groups excluding carboxylic acids is 1. The van der Waals surface area contributed by atoms with Gasteiger partial charge in [-0.25, -0.2) is 9.78 Å². The molecule has 2 aromatic rings. The van der Waals surface area contributed by atoms with E-state index in [1.807, 2.05) is 54.4 Å². The summed E-state index contributed by atoms with van der Waals surface area (Å²) in [7, 11) is 0. The number of aromatic nitrogens is 1. The molecule has 22 heavy (non-hydrogen) atoms. The highest BCUT2D eigenvalue weighted by atomic mass is 16.2. The minimum atomic E-state index is -0.0273. The summed E-state index contributed by atoms with van der Waals surface area (Å²) in [5, 5.41) is 2.95. The molecule has 5 heteroatoms. The van der Waals surface area contributed by atoms with Crippen molar-refractivity contribution in [1.82, 2.24) is 4.90 Å². The first-order valence-electron chi connectivity index (χ1n) is 7.56. The normalized spacial score (nSPS) is 14.8. The summed E-state index contributed by atoms with van der Waals surface area (Å²) in [5.41, 5.74) is 2.03. The Kier molecular flexibility index (Phi) is 4.23. The molecule has 3 rings (SSSR count). The average molecular weight is 297 g/mol. The second kappa shape index (κ2) is 6.47. The Hall–Kier alpha value is -2.56. The number of amides is 2. The van der Waals surface area contributed by atoms with Crippen molar-refractivity contribution in [3.63, 3.8) is 0 Å². The van der Waals surface area contributed by atoms with Gasteiger partial charge in [-0.3, -0.25) is 4.90 Å². The third kappa shape index (κ3) is 3.36. The maximum Gasteiger partial charge on any atom is 0.322 e. The van der Waals surface area contributed by atoms with Crippen LogP contribution in [0.25, 0.3) is 0 Å². The molecule has 1 aromatic carbocycles. The Labute approximate surface area is 130 Å². The molecule has 2 N–H and O–H groups in total. The number of aryl methyl sites for hydroxylation is 1. The number of piperazine rings is 1. The first-order chi connectivity index (χ1) is 10.7. The maximum absolute atomic E-state index is 12.3. The van der Waals surface area contributed by atoms with Gasteiger partial charge in [-0.2, -0.15) is 0 Å². The number of aromatic amines is 1. The SMILES string of the molecule is Cc1ccc(NC(=O)N2CCN(c3cccc[nH+]3)CC2)cc1. The Morgan fingerprint density at radius 2 is 1.77 bits per heavy atom. The zero-order valence-corrected chi connectivity index (χ0v) is 12.7. The van der Waals surface area contributed by atoms with Crippen molar-refractivity contribution in [3.8, 4) is 0 Å². The van der Waals surface area contributed by atoms with Crippen molar-refractivity contribution >= 4 is 17.5 Å². The van der Waals surface area contributed by atoms with E-state index < -0.39 is 0 Å².